The number of anilines is 1. The average molecular weight is 327 g/mol. The van der Waals surface area contributed by atoms with Gasteiger partial charge < -0.3 is 16.2 Å². The van der Waals surface area contributed by atoms with Crippen molar-refractivity contribution < 1.29 is 19.5 Å². The lowest BCUT2D eigenvalue weighted by molar-refractivity contribution is -0.121. The molecule has 7 nitrogen and oxygen atoms in total. The molecule has 0 saturated heterocycles. The zero-order chi connectivity index (χ0) is 15.7. The number of carbonyl (C=O) groups excluding carboxylic acids is 2. The third kappa shape index (κ3) is 3.24. The van der Waals surface area contributed by atoms with Crippen molar-refractivity contribution >= 4 is 51.1 Å². The van der Waals surface area contributed by atoms with Crippen LogP contribution in [0, 0.1) is 13.8 Å². The minimum atomic E-state index is -1.09. The van der Waals surface area contributed by atoms with Crippen LogP contribution in [0.3, 0.4) is 0 Å². The first-order chi connectivity index (χ1) is 9.79. The minimum absolute atomic E-state index is 0.0898. The Morgan fingerprint density at radius 1 is 1.43 bits per heavy atom. The molecule has 112 valence electrons. The first-order valence-corrected chi connectivity index (χ1v) is 7.67. The molecule has 0 saturated carbocycles. The second kappa shape index (κ2) is 5.86. The van der Waals surface area contributed by atoms with Crippen LogP contribution in [-0.2, 0) is 9.59 Å². The highest BCUT2D eigenvalue weighted by molar-refractivity contribution is 8.15. The largest absolute Gasteiger partial charge is 0.478 e. The molecule has 21 heavy (non-hydrogen) atoms. The van der Waals surface area contributed by atoms with Gasteiger partial charge in [-0.25, -0.2) is 4.79 Å². The van der Waals surface area contributed by atoms with Crippen molar-refractivity contribution in [2.75, 3.05) is 5.32 Å². The van der Waals surface area contributed by atoms with Crippen molar-refractivity contribution in [1.29, 1.82) is 0 Å². The fourth-order valence-corrected chi connectivity index (χ4v) is 3.74. The van der Waals surface area contributed by atoms with Crippen LogP contribution in [0.25, 0.3) is 0 Å². The molecule has 0 aromatic carbocycles. The lowest BCUT2D eigenvalue weighted by Crippen LogP contribution is -2.22. The lowest BCUT2D eigenvalue weighted by atomic mass is 10.1. The van der Waals surface area contributed by atoms with E-state index < -0.39 is 23.0 Å². The molecule has 2 heterocycles. The second-order valence-electron chi connectivity index (χ2n) is 4.44. The molecule has 9 heteroatoms. The fourth-order valence-electron chi connectivity index (χ4n) is 1.85. The Balaban J connectivity index is 2.09. The summed E-state index contributed by atoms with van der Waals surface area (Å²) >= 11 is 2.23. The van der Waals surface area contributed by atoms with Gasteiger partial charge in [-0.15, -0.1) is 11.3 Å². The summed E-state index contributed by atoms with van der Waals surface area (Å²) in [6.45, 7) is 3.48. The van der Waals surface area contributed by atoms with Gasteiger partial charge >= 0.3 is 5.97 Å². The summed E-state index contributed by atoms with van der Waals surface area (Å²) in [6.07, 6.45) is -0.0945. The van der Waals surface area contributed by atoms with Crippen LogP contribution in [0.5, 0.6) is 0 Å². The van der Waals surface area contributed by atoms with E-state index in [1.54, 1.807) is 13.8 Å². The summed E-state index contributed by atoms with van der Waals surface area (Å²) in [4.78, 5) is 39.0. The van der Waals surface area contributed by atoms with E-state index in [1.807, 2.05) is 0 Å². The zero-order valence-corrected chi connectivity index (χ0v) is 12.9. The number of hydrogen-bond acceptors (Lipinski definition) is 6. The summed E-state index contributed by atoms with van der Waals surface area (Å²) in [5.41, 5.74) is 6.13. The highest BCUT2D eigenvalue weighted by Gasteiger charge is 2.30. The van der Waals surface area contributed by atoms with E-state index >= 15 is 0 Å². The molecule has 1 unspecified atom stereocenters. The number of thioether (sulfide) groups is 1. The number of nitrogens with one attached hydrogen (secondary N) is 1. The Kier molecular flexibility index (Phi) is 4.33. The lowest BCUT2D eigenvalue weighted by Gasteiger charge is -2.07. The third-order valence-corrected chi connectivity index (χ3v) is 5.09. The molecule has 2 amide bonds. The smallest absolute Gasteiger partial charge is 0.338 e. The van der Waals surface area contributed by atoms with Gasteiger partial charge in [-0.3, -0.25) is 9.59 Å². The number of hydrogen-bond donors (Lipinski definition) is 3. The van der Waals surface area contributed by atoms with Gasteiger partial charge in [0.15, 0.2) is 5.17 Å². The molecular formula is C12H13N3O4S2. The number of aliphatic imine (C=N–C) groups is 1. The predicted molar refractivity (Wildman–Crippen MR) is 82.0 cm³/mol. The van der Waals surface area contributed by atoms with Crippen molar-refractivity contribution in [2.24, 2.45) is 10.7 Å². The van der Waals surface area contributed by atoms with Gasteiger partial charge in [0.05, 0.1) is 5.56 Å². The van der Waals surface area contributed by atoms with Crippen molar-refractivity contribution in [3.05, 3.63) is 16.0 Å². The quantitative estimate of drug-likeness (QED) is 0.767. The van der Waals surface area contributed by atoms with Crippen LogP contribution in [0.15, 0.2) is 4.99 Å². The molecule has 1 aromatic rings. The van der Waals surface area contributed by atoms with E-state index in [-0.39, 0.29) is 22.2 Å². The van der Waals surface area contributed by atoms with Crippen LogP contribution in [0.2, 0.25) is 0 Å². The van der Waals surface area contributed by atoms with Gasteiger partial charge in [-0.05, 0) is 19.4 Å². The molecule has 1 aliphatic rings. The SMILES string of the molecule is Cc1sc(NC(=O)CC2SC(N)=NC2=O)c(C(=O)O)c1C. The van der Waals surface area contributed by atoms with Crippen LogP contribution in [-0.4, -0.2) is 33.3 Å². The molecule has 0 aliphatic carbocycles. The third-order valence-electron chi connectivity index (χ3n) is 2.98. The number of carboxylic acid groups (broad SMARTS) is 1. The molecule has 1 aliphatic heterocycles. The number of thiophene rings is 1. The van der Waals surface area contributed by atoms with Crippen molar-refractivity contribution in [2.45, 2.75) is 25.5 Å². The van der Waals surface area contributed by atoms with Crippen molar-refractivity contribution in [3.8, 4) is 0 Å². The van der Waals surface area contributed by atoms with Gasteiger partial charge in [-0.2, -0.15) is 4.99 Å². The molecule has 4 N–H and O–H groups in total. The predicted octanol–water partition coefficient (Wildman–Crippen LogP) is 1.35. The number of amides is 2. The highest BCUT2D eigenvalue weighted by Crippen LogP contribution is 2.33. The van der Waals surface area contributed by atoms with Crippen molar-refractivity contribution in [1.82, 2.24) is 0 Å². The Morgan fingerprint density at radius 2 is 2.10 bits per heavy atom. The minimum Gasteiger partial charge on any atom is -0.478 e. The first-order valence-electron chi connectivity index (χ1n) is 5.97. The van der Waals surface area contributed by atoms with Gasteiger partial charge in [0.25, 0.3) is 5.91 Å². The Labute approximate surface area is 128 Å². The number of nitrogens with zero attached hydrogens (tertiary/aromatic N) is 1. The highest BCUT2D eigenvalue weighted by atomic mass is 32.2. The van der Waals surface area contributed by atoms with E-state index in [0.717, 1.165) is 16.6 Å². The van der Waals surface area contributed by atoms with Crippen LogP contribution in [0.4, 0.5) is 5.00 Å². The fraction of sp³-hybridized carbons (Fsp3) is 0.333. The number of amidine groups is 1. The summed E-state index contributed by atoms with van der Waals surface area (Å²) in [5, 5.41) is 11.5. The number of rotatable bonds is 4. The average Bonchev–Trinajstić information content (AvgIpc) is 2.80. The van der Waals surface area contributed by atoms with E-state index in [2.05, 4.69) is 10.3 Å². The normalized spacial score (nSPS) is 17.7. The monoisotopic (exact) mass is 327 g/mol. The maximum atomic E-state index is 12.0. The number of carboxylic acids is 1. The zero-order valence-electron chi connectivity index (χ0n) is 11.3. The Hall–Kier alpha value is -1.87. The molecule has 1 aromatic heterocycles. The topological polar surface area (TPSA) is 122 Å². The van der Waals surface area contributed by atoms with Gasteiger partial charge in [0.2, 0.25) is 5.91 Å². The number of aromatic carboxylic acids is 1. The number of nitrogens with two attached hydrogens (primary N) is 1. The molecule has 0 bridgehead atoms. The van der Waals surface area contributed by atoms with Gasteiger partial charge in [0, 0.05) is 11.3 Å². The van der Waals surface area contributed by atoms with E-state index in [0.29, 0.717) is 5.56 Å². The van der Waals surface area contributed by atoms with E-state index in [4.69, 9.17) is 5.73 Å². The molecular weight excluding hydrogens is 314 g/mol. The van der Waals surface area contributed by atoms with Crippen molar-refractivity contribution in [3.63, 3.8) is 0 Å². The summed E-state index contributed by atoms with van der Waals surface area (Å²) in [6, 6.07) is 0. The van der Waals surface area contributed by atoms with Gasteiger partial charge in [-0.1, -0.05) is 11.8 Å². The molecule has 0 radical (unpaired) electrons. The van der Waals surface area contributed by atoms with E-state index in [1.165, 1.54) is 11.3 Å². The van der Waals surface area contributed by atoms with Crippen LogP contribution < -0.4 is 11.1 Å². The molecule has 2 rings (SSSR count). The van der Waals surface area contributed by atoms with Crippen LogP contribution in [0.1, 0.15) is 27.2 Å². The Morgan fingerprint density at radius 3 is 2.62 bits per heavy atom. The second-order valence-corrected chi connectivity index (χ2v) is 6.89. The number of carbonyl (C=O) groups is 3. The van der Waals surface area contributed by atoms with E-state index in [9.17, 15) is 19.5 Å². The maximum absolute atomic E-state index is 12.0. The standard InChI is InChI=1S/C12H13N3O4S2/c1-4-5(2)20-10(8(4)11(18)19)14-7(16)3-6-9(17)15-12(13)21-6/h6H,3H2,1-2H3,(H,14,16)(H,18,19)(H2,13,15,17). The maximum Gasteiger partial charge on any atom is 0.338 e. The molecule has 0 spiro atoms. The summed E-state index contributed by atoms with van der Waals surface area (Å²) in [5.74, 6) is -1.97. The van der Waals surface area contributed by atoms with Crippen LogP contribution >= 0.6 is 23.1 Å². The summed E-state index contributed by atoms with van der Waals surface area (Å²) in [7, 11) is 0. The molecule has 1 atom stereocenters. The number of aryl methyl sites for hydroxylation is 1. The first kappa shape index (κ1) is 15.5. The van der Waals surface area contributed by atoms with Gasteiger partial charge in [0.1, 0.15) is 10.3 Å². The summed E-state index contributed by atoms with van der Waals surface area (Å²) < 4.78 is 0. The Bertz CT molecular complexity index is 666. The molecule has 0 fully saturated rings.